The lowest BCUT2D eigenvalue weighted by Crippen LogP contribution is -2.28. The van der Waals surface area contributed by atoms with Crippen molar-refractivity contribution in [1.29, 1.82) is 0 Å². The molecule has 4 heteroatoms. The standard InChI is InChI=1S/C14H20BrNO2/c1-3-18-13-7-5-4-6-12(13)14(17)16-10-11(2)8-9-15/h4-7,11H,3,8-10H2,1-2H3,(H,16,17). The van der Waals surface area contributed by atoms with Crippen LogP contribution in [0.1, 0.15) is 30.6 Å². The first-order valence-electron chi connectivity index (χ1n) is 6.25. The molecule has 1 unspecified atom stereocenters. The van der Waals surface area contributed by atoms with E-state index in [1.54, 1.807) is 6.07 Å². The monoisotopic (exact) mass is 313 g/mol. The molecule has 0 aromatic heterocycles. The Bertz CT molecular complexity index is 382. The van der Waals surface area contributed by atoms with Gasteiger partial charge in [-0.3, -0.25) is 4.79 Å². The Balaban J connectivity index is 2.60. The summed E-state index contributed by atoms with van der Waals surface area (Å²) < 4.78 is 5.44. The van der Waals surface area contributed by atoms with Gasteiger partial charge in [-0.15, -0.1) is 0 Å². The zero-order chi connectivity index (χ0) is 13.4. The molecule has 1 N–H and O–H groups in total. The summed E-state index contributed by atoms with van der Waals surface area (Å²) in [5, 5.41) is 3.90. The largest absolute Gasteiger partial charge is 0.493 e. The van der Waals surface area contributed by atoms with Crippen LogP contribution in [-0.4, -0.2) is 24.4 Å². The van der Waals surface area contributed by atoms with Crippen LogP contribution in [-0.2, 0) is 0 Å². The molecule has 18 heavy (non-hydrogen) atoms. The van der Waals surface area contributed by atoms with Gasteiger partial charge in [-0.1, -0.05) is 35.0 Å². The van der Waals surface area contributed by atoms with Crippen molar-refractivity contribution in [2.24, 2.45) is 5.92 Å². The molecule has 1 aromatic carbocycles. The van der Waals surface area contributed by atoms with Crippen LogP contribution in [0.4, 0.5) is 0 Å². The van der Waals surface area contributed by atoms with Gasteiger partial charge in [-0.25, -0.2) is 0 Å². The van der Waals surface area contributed by atoms with Gasteiger partial charge in [0.2, 0.25) is 0 Å². The molecule has 0 bridgehead atoms. The van der Waals surface area contributed by atoms with E-state index in [9.17, 15) is 4.79 Å². The third-order valence-corrected chi connectivity index (χ3v) is 3.10. The van der Waals surface area contributed by atoms with Crippen LogP contribution in [0.2, 0.25) is 0 Å². The number of rotatable bonds is 7. The van der Waals surface area contributed by atoms with Crippen LogP contribution in [0.25, 0.3) is 0 Å². The van der Waals surface area contributed by atoms with Gasteiger partial charge in [0.05, 0.1) is 12.2 Å². The first kappa shape index (κ1) is 15.0. The zero-order valence-electron chi connectivity index (χ0n) is 10.9. The molecule has 0 aliphatic heterocycles. The molecule has 1 aromatic rings. The molecular weight excluding hydrogens is 294 g/mol. The normalized spacial score (nSPS) is 11.9. The Labute approximate surface area is 117 Å². The van der Waals surface area contributed by atoms with E-state index in [1.807, 2.05) is 25.1 Å². The Hall–Kier alpha value is -1.03. The third-order valence-electron chi connectivity index (χ3n) is 2.64. The van der Waals surface area contributed by atoms with Crippen molar-refractivity contribution in [3.63, 3.8) is 0 Å². The van der Waals surface area contributed by atoms with Crippen LogP contribution >= 0.6 is 15.9 Å². The molecule has 0 fully saturated rings. The molecule has 0 radical (unpaired) electrons. The molecule has 0 heterocycles. The van der Waals surface area contributed by atoms with Gasteiger partial charge in [-0.2, -0.15) is 0 Å². The molecule has 1 amide bonds. The number of para-hydroxylation sites is 1. The lowest BCUT2D eigenvalue weighted by molar-refractivity contribution is 0.0944. The van der Waals surface area contributed by atoms with Crippen molar-refractivity contribution in [3.05, 3.63) is 29.8 Å². The summed E-state index contributed by atoms with van der Waals surface area (Å²) in [6.45, 7) is 5.28. The maximum atomic E-state index is 12.0. The van der Waals surface area contributed by atoms with E-state index in [4.69, 9.17) is 4.74 Å². The van der Waals surface area contributed by atoms with Crippen LogP contribution in [0, 0.1) is 5.92 Å². The summed E-state index contributed by atoms with van der Waals surface area (Å²) in [5.74, 6) is 1.04. The summed E-state index contributed by atoms with van der Waals surface area (Å²) in [7, 11) is 0. The first-order valence-corrected chi connectivity index (χ1v) is 7.37. The Morgan fingerprint density at radius 2 is 2.17 bits per heavy atom. The highest BCUT2D eigenvalue weighted by Crippen LogP contribution is 2.17. The van der Waals surface area contributed by atoms with E-state index in [0.29, 0.717) is 30.4 Å². The van der Waals surface area contributed by atoms with E-state index in [2.05, 4.69) is 28.2 Å². The highest BCUT2D eigenvalue weighted by Gasteiger charge is 2.12. The molecule has 100 valence electrons. The fraction of sp³-hybridized carbons (Fsp3) is 0.500. The second-order valence-electron chi connectivity index (χ2n) is 4.22. The maximum absolute atomic E-state index is 12.0. The topological polar surface area (TPSA) is 38.3 Å². The minimum absolute atomic E-state index is 0.0690. The van der Waals surface area contributed by atoms with Crippen molar-refractivity contribution >= 4 is 21.8 Å². The predicted octanol–water partition coefficient (Wildman–Crippen LogP) is 3.24. The molecule has 1 atom stereocenters. The van der Waals surface area contributed by atoms with Gasteiger partial charge >= 0.3 is 0 Å². The van der Waals surface area contributed by atoms with Crippen molar-refractivity contribution < 1.29 is 9.53 Å². The fourth-order valence-corrected chi connectivity index (χ4v) is 2.37. The van der Waals surface area contributed by atoms with Crippen LogP contribution in [0.5, 0.6) is 5.75 Å². The van der Waals surface area contributed by atoms with E-state index in [1.165, 1.54) is 0 Å². The predicted molar refractivity (Wildman–Crippen MR) is 77.5 cm³/mol. The number of hydrogen-bond donors (Lipinski definition) is 1. The number of carbonyl (C=O) groups is 1. The molecule has 3 nitrogen and oxygen atoms in total. The lowest BCUT2D eigenvalue weighted by atomic mass is 10.1. The lowest BCUT2D eigenvalue weighted by Gasteiger charge is -2.13. The average molecular weight is 314 g/mol. The van der Waals surface area contributed by atoms with Gasteiger partial charge in [0, 0.05) is 11.9 Å². The number of carbonyl (C=O) groups excluding carboxylic acids is 1. The van der Waals surface area contributed by atoms with E-state index < -0.39 is 0 Å². The summed E-state index contributed by atoms with van der Waals surface area (Å²) in [4.78, 5) is 12.0. The molecule has 0 saturated heterocycles. The molecule has 0 spiro atoms. The van der Waals surface area contributed by atoms with E-state index in [-0.39, 0.29) is 5.91 Å². The minimum atomic E-state index is -0.0690. The quantitative estimate of drug-likeness (QED) is 0.785. The van der Waals surface area contributed by atoms with Crippen LogP contribution in [0.15, 0.2) is 24.3 Å². The Morgan fingerprint density at radius 3 is 2.83 bits per heavy atom. The molecule has 0 aliphatic carbocycles. The molecular formula is C14H20BrNO2. The third kappa shape index (κ3) is 4.69. The van der Waals surface area contributed by atoms with Gasteiger partial charge < -0.3 is 10.1 Å². The minimum Gasteiger partial charge on any atom is -0.493 e. The maximum Gasteiger partial charge on any atom is 0.255 e. The van der Waals surface area contributed by atoms with E-state index in [0.717, 1.165) is 11.8 Å². The number of ether oxygens (including phenoxy) is 1. The summed E-state index contributed by atoms with van der Waals surface area (Å²) in [5.41, 5.74) is 0.602. The first-order chi connectivity index (χ1) is 8.69. The van der Waals surface area contributed by atoms with Crippen molar-refractivity contribution in [1.82, 2.24) is 5.32 Å². The van der Waals surface area contributed by atoms with Gasteiger partial charge in [-0.05, 0) is 31.4 Å². The van der Waals surface area contributed by atoms with Gasteiger partial charge in [0.1, 0.15) is 5.75 Å². The highest BCUT2D eigenvalue weighted by molar-refractivity contribution is 9.09. The number of alkyl halides is 1. The van der Waals surface area contributed by atoms with Crippen LogP contribution < -0.4 is 10.1 Å². The van der Waals surface area contributed by atoms with Gasteiger partial charge in [0.15, 0.2) is 0 Å². The molecule has 1 rings (SSSR count). The van der Waals surface area contributed by atoms with Gasteiger partial charge in [0.25, 0.3) is 5.91 Å². The summed E-state index contributed by atoms with van der Waals surface area (Å²) in [6, 6.07) is 7.32. The van der Waals surface area contributed by atoms with Crippen molar-refractivity contribution in [2.75, 3.05) is 18.5 Å². The second kappa shape index (κ2) is 8.14. The Kier molecular flexibility index (Phi) is 6.80. The fourth-order valence-electron chi connectivity index (χ4n) is 1.59. The highest BCUT2D eigenvalue weighted by atomic mass is 79.9. The number of benzene rings is 1. The smallest absolute Gasteiger partial charge is 0.255 e. The number of hydrogen-bond acceptors (Lipinski definition) is 2. The summed E-state index contributed by atoms with van der Waals surface area (Å²) >= 11 is 3.40. The second-order valence-corrected chi connectivity index (χ2v) is 5.02. The molecule has 0 saturated carbocycles. The number of halogens is 1. The number of nitrogens with one attached hydrogen (secondary N) is 1. The Morgan fingerprint density at radius 1 is 1.44 bits per heavy atom. The summed E-state index contributed by atoms with van der Waals surface area (Å²) in [6.07, 6.45) is 1.05. The molecule has 0 aliphatic rings. The number of amides is 1. The zero-order valence-corrected chi connectivity index (χ0v) is 12.5. The van der Waals surface area contributed by atoms with Crippen molar-refractivity contribution in [3.8, 4) is 5.75 Å². The SMILES string of the molecule is CCOc1ccccc1C(=O)NCC(C)CCBr. The van der Waals surface area contributed by atoms with Crippen LogP contribution in [0.3, 0.4) is 0 Å². The average Bonchev–Trinajstić information content (AvgIpc) is 2.37. The van der Waals surface area contributed by atoms with Crippen molar-refractivity contribution in [2.45, 2.75) is 20.3 Å². The van der Waals surface area contributed by atoms with E-state index >= 15 is 0 Å².